The standard InChI is InChI=1S/C14H21N3/c1-4-11-6-8-12(9-7-11)14(5-2)10-16-13(15)17(14)3/h6-9H,4-5,10H2,1-3H3,(H2,15,16). The van der Waals surface area contributed by atoms with Gasteiger partial charge in [0.15, 0.2) is 5.96 Å². The second-order valence-electron chi connectivity index (χ2n) is 4.67. The third kappa shape index (κ3) is 1.79. The molecule has 2 rings (SSSR count). The maximum Gasteiger partial charge on any atom is 0.191 e. The number of aryl methyl sites for hydroxylation is 1. The molecule has 0 saturated heterocycles. The van der Waals surface area contributed by atoms with Gasteiger partial charge in [0.1, 0.15) is 0 Å². The van der Waals surface area contributed by atoms with E-state index < -0.39 is 0 Å². The molecule has 92 valence electrons. The smallest absolute Gasteiger partial charge is 0.191 e. The molecular formula is C14H21N3. The summed E-state index contributed by atoms with van der Waals surface area (Å²) in [6.45, 7) is 5.13. The van der Waals surface area contributed by atoms with Crippen LogP contribution in [0, 0.1) is 0 Å². The normalized spacial score (nSPS) is 23.9. The monoisotopic (exact) mass is 231 g/mol. The van der Waals surface area contributed by atoms with Crippen molar-refractivity contribution >= 4 is 5.96 Å². The lowest BCUT2D eigenvalue weighted by molar-refractivity contribution is 0.230. The Morgan fingerprint density at radius 3 is 2.35 bits per heavy atom. The van der Waals surface area contributed by atoms with E-state index in [4.69, 9.17) is 5.73 Å². The van der Waals surface area contributed by atoms with E-state index >= 15 is 0 Å². The Labute approximate surface area is 103 Å². The fourth-order valence-electron chi connectivity index (χ4n) is 2.53. The molecule has 0 fully saturated rings. The van der Waals surface area contributed by atoms with E-state index in [-0.39, 0.29) is 5.54 Å². The van der Waals surface area contributed by atoms with Crippen LogP contribution < -0.4 is 5.73 Å². The van der Waals surface area contributed by atoms with Crippen molar-refractivity contribution < 1.29 is 0 Å². The number of likely N-dealkylation sites (N-methyl/N-ethyl adjacent to an activating group) is 1. The maximum absolute atomic E-state index is 5.90. The van der Waals surface area contributed by atoms with E-state index in [0.29, 0.717) is 5.96 Å². The van der Waals surface area contributed by atoms with Gasteiger partial charge in [-0.05, 0) is 24.0 Å². The zero-order valence-electron chi connectivity index (χ0n) is 10.9. The second kappa shape index (κ2) is 4.40. The Bertz CT molecular complexity index is 422. The molecule has 1 aliphatic rings. The third-order valence-electron chi connectivity index (χ3n) is 3.97. The first-order chi connectivity index (χ1) is 8.14. The van der Waals surface area contributed by atoms with E-state index in [2.05, 4.69) is 48.0 Å². The number of aliphatic imine (C=N–C) groups is 1. The van der Waals surface area contributed by atoms with E-state index in [1.54, 1.807) is 0 Å². The topological polar surface area (TPSA) is 41.6 Å². The average Bonchev–Trinajstić information content (AvgIpc) is 2.67. The van der Waals surface area contributed by atoms with Crippen LogP contribution in [0.2, 0.25) is 0 Å². The zero-order valence-corrected chi connectivity index (χ0v) is 10.9. The lowest BCUT2D eigenvalue weighted by atomic mass is 9.86. The van der Waals surface area contributed by atoms with Crippen LogP contribution in [-0.4, -0.2) is 24.5 Å². The number of hydrogen-bond donors (Lipinski definition) is 1. The van der Waals surface area contributed by atoms with Crippen molar-refractivity contribution in [1.82, 2.24) is 4.90 Å². The van der Waals surface area contributed by atoms with Crippen LogP contribution in [-0.2, 0) is 12.0 Å². The molecule has 1 aromatic rings. The molecule has 0 saturated carbocycles. The molecule has 1 aromatic carbocycles. The van der Waals surface area contributed by atoms with Crippen molar-refractivity contribution in [2.24, 2.45) is 10.7 Å². The average molecular weight is 231 g/mol. The second-order valence-corrected chi connectivity index (χ2v) is 4.67. The predicted molar refractivity (Wildman–Crippen MR) is 72.0 cm³/mol. The lowest BCUT2D eigenvalue weighted by Gasteiger charge is -2.36. The number of nitrogens with two attached hydrogens (primary N) is 1. The fraction of sp³-hybridized carbons (Fsp3) is 0.500. The Morgan fingerprint density at radius 1 is 1.29 bits per heavy atom. The number of guanidine groups is 1. The van der Waals surface area contributed by atoms with Crippen molar-refractivity contribution in [3.05, 3.63) is 35.4 Å². The fourth-order valence-corrected chi connectivity index (χ4v) is 2.53. The summed E-state index contributed by atoms with van der Waals surface area (Å²) in [5.41, 5.74) is 8.53. The molecule has 0 aliphatic carbocycles. The number of hydrogen-bond acceptors (Lipinski definition) is 3. The van der Waals surface area contributed by atoms with Crippen LogP contribution in [0.1, 0.15) is 31.4 Å². The molecule has 17 heavy (non-hydrogen) atoms. The van der Waals surface area contributed by atoms with Crippen LogP contribution >= 0.6 is 0 Å². The van der Waals surface area contributed by atoms with Gasteiger partial charge in [-0.1, -0.05) is 38.1 Å². The molecule has 0 radical (unpaired) electrons. The number of nitrogens with zero attached hydrogens (tertiary/aromatic N) is 2. The lowest BCUT2D eigenvalue weighted by Crippen LogP contribution is -2.46. The van der Waals surface area contributed by atoms with Crippen molar-refractivity contribution in [2.45, 2.75) is 32.2 Å². The minimum atomic E-state index is -0.0453. The zero-order chi connectivity index (χ0) is 12.5. The SMILES string of the molecule is CCc1ccc(C2(CC)CN=C(N)N2C)cc1. The number of rotatable bonds is 3. The number of benzene rings is 1. The van der Waals surface area contributed by atoms with Gasteiger partial charge in [0.05, 0.1) is 12.1 Å². The van der Waals surface area contributed by atoms with Gasteiger partial charge in [-0.15, -0.1) is 0 Å². The van der Waals surface area contributed by atoms with Gasteiger partial charge < -0.3 is 10.6 Å². The summed E-state index contributed by atoms with van der Waals surface area (Å²) in [6, 6.07) is 8.84. The molecule has 1 aliphatic heterocycles. The van der Waals surface area contributed by atoms with Crippen LogP contribution in [0.4, 0.5) is 0 Å². The van der Waals surface area contributed by atoms with Gasteiger partial charge in [-0.3, -0.25) is 4.99 Å². The molecule has 0 spiro atoms. The molecular weight excluding hydrogens is 210 g/mol. The Balaban J connectivity index is 2.36. The summed E-state index contributed by atoms with van der Waals surface area (Å²) in [6.07, 6.45) is 2.09. The molecule has 0 amide bonds. The van der Waals surface area contributed by atoms with Crippen molar-refractivity contribution in [3.8, 4) is 0 Å². The molecule has 1 unspecified atom stereocenters. The summed E-state index contributed by atoms with van der Waals surface area (Å²) < 4.78 is 0. The molecule has 0 bridgehead atoms. The molecule has 0 aromatic heterocycles. The van der Waals surface area contributed by atoms with Gasteiger partial charge in [0.25, 0.3) is 0 Å². The highest BCUT2D eigenvalue weighted by molar-refractivity contribution is 5.81. The summed E-state index contributed by atoms with van der Waals surface area (Å²) in [7, 11) is 2.03. The summed E-state index contributed by atoms with van der Waals surface area (Å²) in [5, 5.41) is 0. The highest BCUT2D eigenvalue weighted by atomic mass is 15.3. The Hall–Kier alpha value is -1.51. The summed E-state index contributed by atoms with van der Waals surface area (Å²) in [5.74, 6) is 0.645. The molecule has 3 nitrogen and oxygen atoms in total. The van der Waals surface area contributed by atoms with E-state index in [0.717, 1.165) is 19.4 Å². The highest BCUT2D eigenvalue weighted by Gasteiger charge is 2.39. The first kappa shape index (κ1) is 12.0. The van der Waals surface area contributed by atoms with Crippen molar-refractivity contribution in [1.29, 1.82) is 0 Å². The maximum atomic E-state index is 5.90. The summed E-state index contributed by atoms with van der Waals surface area (Å²) >= 11 is 0. The first-order valence-corrected chi connectivity index (χ1v) is 6.27. The highest BCUT2D eigenvalue weighted by Crippen LogP contribution is 2.34. The van der Waals surface area contributed by atoms with Gasteiger partial charge >= 0.3 is 0 Å². The quantitative estimate of drug-likeness (QED) is 0.865. The van der Waals surface area contributed by atoms with Crippen LogP contribution in [0.15, 0.2) is 29.3 Å². The Morgan fingerprint density at radius 2 is 1.94 bits per heavy atom. The predicted octanol–water partition coefficient (Wildman–Crippen LogP) is 2.11. The largest absolute Gasteiger partial charge is 0.370 e. The van der Waals surface area contributed by atoms with Gasteiger partial charge in [-0.25, -0.2) is 0 Å². The first-order valence-electron chi connectivity index (χ1n) is 6.27. The van der Waals surface area contributed by atoms with Crippen molar-refractivity contribution in [3.63, 3.8) is 0 Å². The Kier molecular flexibility index (Phi) is 3.09. The third-order valence-corrected chi connectivity index (χ3v) is 3.97. The van der Waals surface area contributed by atoms with Crippen molar-refractivity contribution in [2.75, 3.05) is 13.6 Å². The van der Waals surface area contributed by atoms with Gasteiger partial charge in [-0.2, -0.15) is 0 Å². The minimum Gasteiger partial charge on any atom is -0.370 e. The molecule has 1 atom stereocenters. The molecule has 2 N–H and O–H groups in total. The van der Waals surface area contributed by atoms with E-state index in [1.165, 1.54) is 11.1 Å². The van der Waals surface area contributed by atoms with E-state index in [9.17, 15) is 0 Å². The van der Waals surface area contributed by atoms with E-state index in [1.807, 2.05) is 7.05 Å². The van der Waals surface area contributed by atoms with Crippen LogP contribution in [0.25, 0.3) is 0 Å². The van der Waals surface area contributed by atoms with Crippen LogP contribution in [0.5, 0.6) is 0 Å². The molecule has 1 heterocycles. The minimum absolute atomic E-state index is 0.0453. The van der Waals surface area contributed by atoms with Crippen LogP contribution in [0.3, 0.4) is 0 Å². The molecule has 3 heteroatoms. The van der Waals surface area contributed by atoms with Gasteiger partial charge in [0, 0.05) is 7.05 Å². The van der Waals surface area contributed by atoms with Gasteiger partial charge in [0.2, 0.25) is 0 Å². The summed E-state index contributed by atoms with van der Waals surface area (Å²) in [4.78, 5) is 6.49.